The van der Waals surface area contributed by atoms with Gasteiger partial charge in [0.05, 0.1) is 35.0 Å². The maximum Gasteiger partial charge on any atom is 0.514 e. The van der Waals surface area contributed by atoms with E-state index >= 15 is 0 Å². The molecule has 35 heavy (non-hydrogen) atoms. The second kappa shape index (κ2) is 11.3. The summed E-state index contributed by atoms with van der Waals surface area (Å²) in [6.45, 7) is 2.38. The summed E-state index contributed by atoms with van der Waals surface area (Å²) in [5, 5.41) is 2.66. The summed E-state index contributed by atoms with van der Waals surface area (Å²) in [6, 6.07) is 5.86. The molecule has 0 unspecified atom stereocenters. The number of carbonyl (C=O) groups is 3. The number of rotatable bonds is 8. The second-order valence-electron chi connectivity index (χ2n) is 7.12. The van der Waals surface area contributed by atoms with Gasteiger partial charge in [-0.3, -0.25) is 9.59 Å². The van der Waals surface area contributed by atoms with Crippen LogP contribution in [0.3, 0.4) is 0 Å². The van der Waals surface area contributed by atoms with E-state index in [0.29, 0.717) is 19.5 Å². The Morgan fingerprint density at radius 3 is 2.06 bits per heavy atom. The number of hydrogen-bond donors (Lipinski definition) is 0. The van der Waals surface area contributed by atoms with E-state index in [1.165, 1.54) is 62.7 Å². The fraction of sp³-hybridized carbons (Fsp3) is 0.391. The van der Waals surface area contributed by atoms with Gasteiger partial charge < -0.3 is 28.4 Å². The van der Waals surface area contributed by atoms with Crippen LogP contribution in [0.15, 0.2) is 24.3 Å². The van der Waals surface area contributed by atoms with Gasteiger partial charge in [0.2, 0.25) is 17.5 Å². The van der Waals surface area contributed by atoms with Crippen molar-refractivity contribution < 1.29 is 42.8 Å². The minimum absolute atomic E-state index is 0.0339. The Morgan fingerprint density at radius 1 is 0.886 bits per heavy atom. The molecule has 188 valence electrons. The van der Waals surface area contributed by atoms with E-state index in [2.05, 4.69) is 4.98 Å². The molecule has 1 aromatic heterocycles. The number of ether oxygens (including phenoxy) is 6. The molecule has 1 aromatic carbocycles. The molecule has 2 amide bonds. The molecule has 1 aliphatic rings. The van der Waals surface area contributed by atoms with Crippen molar-refractivity contribution in [3.05, 3.63) is 35.4 Å². The van der Waals surface area contributed by atoms with Crippen LogP contribution in [-0.4, -0.2) is 81.1 Å². The minimum atomic E-state index is -0.943. The first-order valence-corrected chi connectivity index (χ1v) is 10.7. The fourth-order valence-electron chi connectivity index (χ4n) is 3.51. The lowest BCUT2D eigenvalue weighted by molar-refractivity contribution is 0.0183. The maximum atomic E-state index is 13.4. The van der Waals surface area contributed by atoms with Crippen molar-refractivity contribution in [3.63, 3.8) is 0 Å². The third-order valence-electron chi connectivity index (χ3n) is 5.12. The van der Waals surface area contributed by atoms with Gasteiger partial charge in [0.1, 0.15) is 5.56 Å². The van der Waals surface area contributed by atoms with Crippen LogP contribution in [0.1, 0.15) is 34.1 Å². The largest absolute Gasteiger partial charge is 0.514 e. The normalized spacial score (nSPS) is 12.7. The molecule has 2 heterocycles. The van der Waals surface area contributed by atoms with Crippen molar-refractivity contribution >= 4 is 18.0 Å². The zero-order valence-electron chi connectivity index (χ0n) is 20.2. The Morgan fingerprint density at radius 2 is 1.51 bits per heavy atom. The van der Waals surface area contributed by atoms with E-state index in [4.69, 9.17) is 28.4 Å². The molecule has 12 heteroatoms. The van der Waals surface area contributed by atoms with Crippen LogP contribution in [0.25, 0.3) is 0 Å². The maximum absolute atomic E-state index is 13.4. The van der Waals surface area contributed by atoms with Gasteiger partial charge in [0.25, 0.3) is 11.8 Å². The average Bonchev–Trinajstić information content (AvgIpc) is 3.37. The summed E-state index contributed by atoms with van der Waals surface area (Å²) >= 11 is 0. The summed E-state index contributed by atoms with van der Waals surface area (Å²) < 4.78 is 31.0. The summed E-state index contributed by atoms with van der Waals surface area (Å²) in [5.74, 6) is -0.430. The highest BCUT2D eigenvalue weighted by molar-refractivity contribution is 6.01. The van der Waals surface area contributed by atoms with Crippen LogP contribution >= 0.6 is 0 Å². The van der Waals surface area contributed by atoms with E-state index in [-0.39, 0.29) is 46.7 Å². The van der Waals surface area contributed by atoms with E-state index < -0.39 is 18.0 Å². The van der Waals surface area contributed by atoms with Crippen LogP contribution in [0.4, 0.5) is 4.79 Å². The van der Waals surface area contributed by atoms with Gasteiger partial charge in [-0.2, -0.15) is 4.98 Å². The molecule has 0 saturated carbocycles. The number of hydrazine groups is 1. The summed E-state index contributed by atoms with van der Waals surface area (Å²) in [6.07, 6.45) is -0.372. The molecule has 0 atom stereocenters. The Labute approximate surface area is 202 Å². The average molecular weight is 489 g/mol. The molecule has 0 N–H and O–H groups in total. The van der Waals surface area contributed by atoms with Crippen LogP contribution in [0.5, 0.6) is 29.0 Å². The topological polar surface area (TPSA) is 126 Å². The number of nitrogens with zero attached hydrogens (tertiary/aromatic N) is 3. The van der Waals surface area contributed by atoms with Crippen LogP contribution < -0.4 is 23.7 Å². The predicted molar refractivity (Wildman–Crippen MR) is 121 cm³/mol. The van der Waals surface area contributed by atoms with Crippen LogP contribution in [0, 0.1) is 0 Å². The number of methoxy groups -OCH3 is 4. The molecule has 0 spiro atoms. The van der Waals surface area contributed by atoms with E-state index in [1.807, 2.05) is 0 Å². The van der Waals surface area contributed by atoms with Crippen molar-refractivity contribution in [1.82, 2.24) is 15.0 Å². The summed E-state index contributed by atoms with van der Waals surface area (Å²) in [4.78, 5) is 42.7. The first kappa shape index (κ1) is 25.4. The van der Waals surface area contributed by atoms with Gasteiger partial charge in [0.15, 0.2) is 11.5 Å². The lowest BCUT2D eigenvalue weighted by Crippen LogP contribution is -2.45. The van der Waals surface area contributed by atoms with Crippen LogP contribution in [-0.2, 0) is 4.74 Å². The number of amides is 2. The van der Waals surface area contributed by atoms with Crippen molar-refractivity contribution in [3.8, 4) is 29.0 Å². The first-order valence-electron chi connectivity index (χ1n) is 10.7. The number of benzene rings is 1. The highest BCUT2D eigenvalue weighted by Crippen LogP contribution is 2.39. The van der Waals surface area contributed by atoms with Gasteiger partial charge in [-0.1, -0.05) is 0 Å². The lowest BCUT2D eigenvalue weighted by atomic mass is 10.1. The van der Waals surface area contributed by atoms with E-state index in [0.717, 1.165) is 0 Å². The van der Waals surface area contributed by atoms with Crippen molar-refractivity contribution in [2.45, 2.75) is 13.3 Å². The molecular weight excluding hydrogens is 462 g/mol. The van der Waals surface area contributed by atoms with Gasteiger partial charge in [-0.15, -0.1) is 0 Å². The molecule has 0 aliphatic carbocycles. The van der Waals surface area contributed by atoms with Crippen molar-refractivity contribution in [2.24, 2.45) is 0 Å². The highest BCUT2D eigenvalue weighted by Gasteiger charge is 2.34. The van der Waals surface area contributed by atoms with Gasteiger partial charge >= 0.3 is 6.16 Å². The highest BCUT2D eigenvalue weighted by atomic mass is 16.7. The Kier molecular flexibility index (Phi) is 8.18. The van der Waals surface area contributed by atoms with Crippen molar-refractivity contribution in [2.75, 3.05) is 48.1 Å². The third kappa shape index (κ3) is 5.31. The third-order valence-corrected chi connectivity index (χ3v) is 5.12. The van der Waals surface area contributed by atoms with E-state index in [1.54, 1.807) is 6.92 Å². The SMILES string of the molecule is CCOC(=O)Oc1c(OC)cc(C(=O)N2CCCN2C(=O)c2ccc(OC)nc2OC)cc1OC. The van der Waals surface area contributed by atoms with Crippen LogP contribution in [0.2, 0.25) is 0 Å². The summed E-state index contributed by atoms with van der Waals surface area (Å²) in [5.41, 5.74) is 0.343. The zero-order chi connectivity index (χ0) is 25.5. The van der Waals surface area contributed by atoms with Gasteiger partial charge in [0, 0.05) is 24.7 Å². The molecule has 3 rings (SSSR count). The smallest absolute Gasteiger partial charge is 0.493 e. The monoisotopic (exact) mass is 489 g/mol. The molecule has 1 aliphatic heterocycles. The molecule has 0 bridgehead atoms. The number of pyridine rings is 1. The fourth-order valence-corrected chi connectivity index (χ4v) is 3.51. The number of aromatic nitrogens is 1. The Balaban J connectivity index is 1.92. The molecule has 0 radical (unpaired) electrons. The predicted octanol–water partition coefficient (Wildman–Crippen LogP) is 2.55. The standard InChI is InChI=1S/C23H27N3O9/c1-6-34-23(29)35-19-16(30-2)12-14(13-17(19)31-3)21(27)25-10-7-11-26(25)22(28)15-8-9-18(32-4)24-20(15)33-5/h8-9,12-13H,6-7,10-11H2,1-5H3. The molecule has 1 fully saturated rings. The minimum Gasteiger partial charge on any atom is -0.493 e. The second-order valence-corrected chi connectivity index (χ2v) is 7.12. The van der Waals surface area contributed by atoms with Gasteiger partial charge in [-0.25, -0.2) is 14.8 Å². The molecular formula is C23H27N3O9. The first-order chi connectivity index (χ1) is 16.9. The number of hydrogen-bond acceptors (Lipinski definition) is 10. The Hall–Kier alpha value is -4.22. The Bertz CT molecular complexity index is 1080. The number of carbonyl (C=O) groups excluding carboxylic acids is 3. The molecule has 12 nitrogen and oxygen atoms in total. The quantitative estimate of drug-likeness (QED) is 0.403. The van der Waals surface area contributed by atoms with Gasteiger partial charge in [-0.05, 0) is 31.5 Å². The van der Waals surface area contributed by atoms with E-state index in [9.17, 15) is 14.4 Å². The molecule has 2 aromatic rings. The zero-order valence-corrected chi connectivity index (χ0v) is 20.2. The molecule has 1 saturated heterocycles. The van der Waals surface area contributed by atoms with Crippen molar-refractivity contribution in [1.29, 1.82) is 0 Å². The lowest BCUT2D eigenvalue weighted by Gasteiger charge is -2.28. The summed E-state index contributed by atoms with van der Waals surface area (Å²) in [7, 11) is 5.56.